The minimum atomic E-state index is -0.0492. The summed E-state index contributed by atoms with van der Waals surface area (Å²) in [5, 5.41) is 2.10. The molecule has 1 rings (SSSR count). The quantitative estimate of drug-likeness (QED) is 0.581. The molecule has 1 aromatic heterocycles. The molecule has 4 heteroatoms. The minimum Gasteiger partial charge on any atom is -0.393 e. The van der Waals surface area contributed by atoms with Crippen LogP contribution in [0.5, 0.6) is 0 Å². The van der Waals surface area contributed by atoms with Gasteiger partial charge in [-0.1, -0.05) is 32.1 Å². The summed E-state index contributed by atoms with van der Waals surface area (Å²) in [6, 6.07) is 4.22. The third kappa shape index (κ3) is 5.61. The smallest absolute Gasteiger partial charge is 0.0784 e. The van der Waals surface area contributed by atoms with Crippen molar-refractivity contribution in [2.75, 3.05) is 13.2 Å². The third-order valence-electron chi connectivity index (χ3n) is 2.83. The number of hydrogen-bond donors (Lipinski definition) is 1. The molecule has 0 aromatic carbocycles. The molecule has 2 nitrogen and oxygen atoms in total. The van der Waals surface area contributed by atoms with E-state index in [1.54, 1.807) is 11.3 Å². The van der Waals surface area contributed by atoms with E-state index in [-0.39, 0.29) is 5.41 Å². The molecule has 0 atom stereocenters. The van der Waals surface area contributed by atoms with Gasteiger partial charge in [-0.15, -0.1) is 11.3 Å². The minimum absolute atomic E-state index is 0.0492. The largest absolute Gasteiger partial charge is 0.393 e. The molecular formula is C13H21NOS2. The SMILES string of the molecule is CC(C)(CCCOCCc1cccs1)C(N)=S. The zero-order valence-corrected chi connectivity index (χ0v) is 12.2. The second-order valence-corrected chi connectivity index (χ2v) is 6.27. The van der Waals surface area contributed by atoms with Crippen molar-refractivity contribution in [3.05, 3.63) is 22.4 Å². The van der Waals surface area contributed by atoms with Crippen LogP contribution in [0.15, 0.2) is 17.5 Å². The predicted octanol–water partition coefficient (Wildman–Crippen LogP) is 3.40. The van der Waals surface area contributed by atoms with Crippen molar-refractivity contribution in [1.29, 1.82) is 0 Å². The van der Waals surface area contributed by atoms with Crippen molar-refractivity contribution in [2.45, 2.75) is 33.1 Å². The van der Waals surface area contributed by atoms with Gasteiger partial charge in [0.15, 0.2) is 0 Å². The topological polar surface area (TPSA) is 35.2 Å². The second-order valence-electron chi connectivity index (χ2n) is 4.79. The molecule has 0 aliphatic rings. The fourth-order valence-electron chi connectivity index (χ4n) is 1.47. The molecule has 0 aliphatic carbocycles. The van der Waals surface area contributed by atoms with Gasteiger partial charge in [-0.2, -0.15) is 0 Å². The first-order chi connectivity index (χ1) is 8.02. The van der Waals surface area contributed by atoms with Crippen LogP contribution >= 0.6 is 23.6 Å². The Hall–Kier alpha value is -0.450. The van der Waals surface area contributed by atoms with Crippen LogP contribution in [0.3, 0.4) is 0 Å². The van der Waals surface area contributed by atoms with E-state index in [9.17, 15) is 0 Å². The van der Waals surface area contributed by atoms with Gasteiger partial charge in [0, 0.05) is 23.3 Å². The Morgan fingerprint density at radius 1 is 1.47 bits per heavy atom. The molecule has 1 aromatic rings. The fourth-order valence-corrected chi connectivity index (χ4v) is 2.26. The Bertz CT molecular complexity index is 333. The Balaban J connectivity index is 2.03. The van der Waals surface area contributed by atoms with Gasteiger partial charge in [0.05, 0.1) is 11.6 Å². The summed E-state index contributed by atoms with van der Waals surface area (Å²) in [5.41, 5.74) is 5.62. The van der Waals surface area contributed by atoms with Crippen LogP contribution in [-0.4, -0.2) is 18.2 Å². The van der Waals surface area contributed by atoms with E-state index in [1.165, 1.54) is 4.88 Å². The molecular weight excluding hydrogens is 250 g/mol. The van der Waals surface area contributed by atoms with Crippen molar-refractivity contribution in [1.82, 2.24) is 0 Å². The first kappa shape index (κ1) is 14.6. The van der Waals surface area contributed by atoms with Crippen LogP contribution in [-0.2, 0) is 11.2 Å². The maximum absolute atomic E-state index is 5.67. The maximum atomic E-state index is 5.67. The summed E-state index contributed by atoms with van der Waals surface area (Å²) in [6.45, 7) is 5.76. The highest BCUT2D eigenvalue weighted by atomic mass is 32.1. The highest BCUT2D eigenvalue weighted by molar-refractivity contribution is 7.80. The summed E-state index contributed by atoms with van der Waals surface area (Å²) in [7, 11) is 0. The lowest BCUT2D eigenvalue weighted by Crippen LogP contribution is -2.29. The maximum Gasteiger partial charge on any atom is 0.0784 e. The average Bonchev–Trinajstić information content (AvgIpc) is 2.75. The predicted molar refractivity (Wildman–Crippen MR) is 78.6 cm³/mol. The summed E-state index contributed by atoms with van der Waals surface area (Å²) < 4.78 is 5.60. The van der Waals surface area contributed by atoms with Crippen LogP contribution in [0.4, 0.5) is 0 Å². The number of nitrogens with two attached hydrogens (primary N) is 1. The zero-order valence-electron chi connectivity index (χ0n) is 10.6. The van der Waals surface area contributed by atoms with Gasteiger partial charge in [-0.05, 0) is 24.3 Å². The van der Waals surface area contributed by atoms with E-state index in [1.807, 2.05) is 0 Å². The average molecular weight is 271 g/mol. The number of ether oxygens (including phenoxy) is 1. The second kappa shape index (κ2) is 7.09. The fraction of sp³-hybridized carbons (Fsp3) is 0.615. The van der Waals surface area contributed by atoms with Gasteiger partial charge in [0.2, 0.25) is 0 Å². The molecule has 0 amide bonds. The van der Waals surface area contributed by atoms with Crippen molar-refractivity contribution in [3.8, 4) is 0 Å². The molecule has 0 unspecified atom stereocenters. The van der Waals surface area contributed by atoms with Gasteiger partial charge in [-0.3, -0.25) is 0 Å². The van der Waals surface area contributed by atoms with Gasteiger partial charge >= 0.3 is 0 Å². The van der Waals surface area contributed by atoms with Gasteiger partial charge in [0.1, 0.15) is 0 Å². The molecule has 0 fully saturated rings. The highest BCUT2D eigenvalue weighted by Gasteiger charge is 2.20. The van der Waals surface area contributed by atoms with Gasteiger partial charge < -0.3 is 10.5 Å². The van der Waals surface area contributed by atoms with Crippen molar-refractivity contribution < 1.29 is 4.74 Å². The van der Waals surface area contributed by atoms with Crippen LogP contribution in [0.25, 0.3) is 0 Å². The van der Waals surface area contributed by atoms with Crippen molar-refractivity contribution in [2.24, 2.45) is 11.1 Å². The lowest BCUT2D eigenvalue weighted by molar-refractivity contribution is 0.129. The Morgan fingerprint density at radius 3 is 2.82 bits per heavy atom. The highest BCUT2D eigenvalue weighted by Crippen LogP contribution is 2.22. The monoisotopic (exact) mass is 271 g/mol. The first-order valence-corrected chi connectivity index (χ1v) is 7.21. The number of thiocarbonyl (C=S) groups is 1. The molecule has 96 valence electrons. The number of rotatable bonds is 8. The van der Waals surface area contributed by atoms with Crippen molar-refractivity contribution in [3.63, 3.8) is 0 Å². The van der Waals surface area contributed by atoms with Crippen LogP contribution in [0.2, 0.25) is 0 Å². The molecule has 0 saturated heterocycles. The summed E-state index contributed by atoms with van der Waals surface area (Å²) >= 11 is 6.81. The summed E-state index contributed by atoms with van der Waals surface area (Å²) in [6.07, 6.45) is 3.01. The molecule has 2 N–H and O–H groups in total. The zero-order chi connectivity index (χ0) is 12.7. The van der Waals surface area contributed by atoms with E-state index >= 15 is 0 Å². The molecule has 17 heavy (non-hydrogen) atoms. The Labute approximate surface area is 113 Å². The molecule has 0 aliphatic heterocycles. The van der Waals surface area contributed by atoms with E-state index in [0.717, 1.165) is 32.5 Å². The van der Waals surface area contributed by atoms with Gasteiger partial charge in [-0.25, -0.2) is 0 Å². The normalized spacial score (nSPS) is 11.6. The third-order valence-corrected chi connectivity index (χ3v) is 4.32. The number of hydrogen-bond acceptors (Lipinski definition) is 3. The summed E-state index contributed by atoms with van der Waals surface area (Å²) in [5.74, 6) is 0. The lowest BCUT2D eigenvalue weighted by Gasteiger charge is -2.22. The van der Waals surface area contributed by atoms with E-state index < -0.39 is 0 Å². The van der Waals surface area contributed by atoms with E-state index in [4.69, 9.17) is 22.7 Å². The molecule has 0 radical (unpaired) electrons. The molecule has 1 heterocycles. The van der Waals surface area contributed by atoms with Crippen molar-refractivity contribution >= 4 is 28.5 Å². The van der Waals surface area contributed by atoms with Crippen LogP contribution < -0.4 is 5.73 Å². The standard InChI is InChI=1S/C13H21NOS2/c1-13(2,12(14)16)7-4-8-15-9-6-11-5-3-10-17-11/h3,5,10H,4,6-9H2,1-2H3,(H2,14,16). The van der Waals surface area contributed by atoms with Crippen LogP contribution in [0, 0.1) is 5.41 Å². The summed E-state index contributed by atoms with van der Waals surface area (Å²) in [4.78, 5) is 1.98. The first-order valence-electron chi connectivity index (χ1n) is 5.92. The molecule has 0 saturated carbocycles. The molecule has 0 spiro atoms. The molecule has 0 bridgehead atoms. The van der Waals surface area contributed by atoms with Gasteiger partial charge in [0.25, 0.3) is 0 Å². The van der Waals surface area contributed by atoms with E-state index in [2.05, 4.69) is 31.4 Å². The number of thiophene rings is 1. The Morgan fingerprint density at radius 2 is 2.24 bits per heavy atom. The van der Waals surface area contributed by atoms with Crippen LogP contribution in [0.1, 0.15) is 31.6 Å². The van der Waals surface area contributed by atoms with E-state index in [0.29, 0.717) is 4.99 Å². The lowest BCUT2D eigenvalue weighted by atomic mass is 9.88. The Kier molecular flexibility index (Phi) is 6.09.